The molecule has 2 rings (SSSR count). The molecular formula is C12H16ClNO4. The number of carboxylic acids is 1. The smallest absolute Gasteiger partial charge is 0.304 e. The molecule has 6 heteroatoms. The molecule has 0 spiro atoms. The van der Waals surface area contributed by atoms with Crippen LogP contribution in [0.3, 0.4) is 0 Å². The number of nitrogens with two attached hydrogens (primary N) is 1. The van der Waals surface area contributed by atoms with E-state index < -0.39 is 5.97 Å². The Bertz CT molecular complexity index is 425. The Morgan fingerprint density at radius 1 is 1.39 bits per heavy atom. The molecule has 0 saturated carbocycles. The number of carboxylic acid groups (broad SMARTS) is 1. The van der Waals surface area contributed by atoms with E-state index in [2.05, 4.69) is 0 Å². The van der Waals surface area contributed by atoms with E-state index in [4.69, 9.17) is 20.3 Å². The van der Waals surface area contributed by atoms with Crippen molar-refractivity contribution in [3.63, 3.8) is 0 Å². The molecule has 1 atom stereocenters. The third kappa shape index (κ3) is 3.78. The van der Waals surface area contributed by atoms with E-state index in [1.165, 1.54) is 0 Å². The molecule has 0 amide bonds. The highest BCUT2D eigenvalue weighted by Crippen LogP contribution is 2.32. The Morgan fingerprint density at radius 2 is 2.11 bits per heavy atom. The summed E-state index contributed by atoms with van der Waals surface area (Å²) in [5.41, 5.74) is 6.78. The number of rotatable bonds is 5. The van der Waals surface area contributed by atoms with Gasteiger partial charge in [-0.15, -0.1) is 12.4 Å². The Kier molecular flexibility index (Phi) is 5.25. The third-order valence-corrected chi connectivity index (χ3v) is 2.68. The van der Waals surface area contributed by atoms with E-state index in [1.54, 1.807) is 0 Å². The zero-order chi connectivity index (χ0) is 12.3. The van der Waals surface area contributed by atoms with Gasteiger partial charge in [-0.3, -0.25) is 4.79 Å². The largest absolute Gasteiger partial charge is 0.481 e. The molecule has 0 fully saturated rings. The Morgan fingerprint density at radius 3 is 2.83 bits per heavy atom. The number of hydrogen-bond acceptors (Lipinski definition) is 4. The van der Waals surface area contributed by atoms with E-state index in [1.807, 2.05) is 18.2 Å². The van der Waals surface area contributed by atoms with Gasteiger partial charge < -0.3 is 20.3 Å². The highest BCUT2D eigenvalue weighted by Gasteiger charge is 2.14. The molecule has 1 aliphatic rings. The molecule has 0 bridgehead atoms. The number of hydrogen-bond donors (Lipinski definition) is 2. The molecule has 5 nitrogen and oxygen atoms in total. The lowest BCUT2D eigenvalue weighted by Gasteiger charge is -2.08. The number of aliphatic carboxylic acids is 1. The average molecular weight is 274 g/mol. The van der Waals surface area contributed by atoms with Crippen LogP contribution < -0.4 is 15.2 Å². The first-order valence-electron chi connectivity index (χ1n) is 5.51. The second kappa shape index (κ2) is 6.47. The van der Waals surface area contributed by atoms with Crippen molar-refractivity contribution in [1.29, 1.82) is 0 Å². The van der Waals surface area contributed by atoms with Gasteiger partial charge in [0, 0.05) is 6.04 Å². The summed E-state index contributed by atoms with van der Waals surface area (Å²) in [6.07, 6.45) is 1.39. The fourth-order valence-corrected chi connectivity index (χ4v) is 1.77. The first kappa shape index (κ1) is 14.6. The van der Waals surface area contributed by atoms with E-state index in [0.29, 0.717) is 6.42 Å². The maximum Gasteiger partial charge on any atom is 0.304 e. The van der Waals surface area contributed by atoms with Gasteiger partial charge in [0.2, 0.25) is 6.79 Å². The van der Waals surface area contributed by atoms with Gasteiger partial charge in [0.25, 0.3) is 0 Å². The highest BCUT2D eigenvalue weighted by atomic mass is 35.5. The lowest BCUT2D eigenvalue weighted by atomic mass is 10.0. The first-order chi connectivity index (χ1) is 8.15. The Labute approximate surface area is 111 Å². The standard InChI is InChI=1S/C12H15NO4.ClH/c13-9(6-12(14)15)3-1-8-2-4-10-11(5-8)17-7-16-10;/h2,4-5,9H,1,3,6-7,13H2,(H,14,15);1H. The molecule has 18 heavy (non-hydrogen) atoms. The Balaban J connectivity index is 0.00000162. The van der Waals surface area contributed by atoms with Crippen LogP contribution in [0.4, 0.5) is 0 Å². The van der Waals surface area contributed by atoms with Crippen molar-refractivity contribution in [3.05, 3.63) is 23.8 Å². The third-order valence-electron chi connectivity index (χ3n) is 2.68. The molecule has 0 aliphatic carbocycles. The van der Waals surface area contributed by atoms with Crippen LogP contribution >= 0.6 is 12.4 Å². The summed E-state index contributed by atoms with van der Waals surface area (Å²) in [4.78, 5) is 10.5. The van der Waals surface area contributed by atoms with Crippen LogP contribution in [0.1, 0.15) is 18.4 Å². The highest BCUT2D eigenvalue weighted by molar-refractivity contribution is 5.85. The van der Waals surface area contributed by atoms with Crippen LogP contribution in [-0.4, -0.2) is 23.9 Å². The van der Waals surface area contributed by atoms with Crippen LogP contribution in [0, 0.1) is 0 Å². The van der Waals surface area contributed by atoms with Gasteiger partial charge in [0.1, 0.15) is 0 Å². The topological polar surface area (TPSA) is 81.8 Å². The predicted molar refractivity (Wildman–Crippen MR) is 68.4 cm³/mol. The van der Waals surface area contributed by atoms with Gasteiger partial charge in [0.15, 0.2) is 11.5 Å². The zero-order valence-corrected chi connectivity index (χ0v) is 10.6. The van der Waals surface area contributed by atoms with Crippen molar-refractivity contribution < 1.29 is 19.4 Å². The number of ether oxygens (including phenoxy) is 2. The lowest BCUT2D eigenvalue weighted by Crippen LogP contribution is -2.24. The monoisotopic (exact) mass is 273 g/mol. The minimum Gasteiger partial charge on any atom is -0.481 e. The molecule has 0 radical (unpaired) electrons. The van der Waals surface area contributed by atoms with Crippen LogP contribution in [0.15, 0.2) is 18.2 Å². The SMILES string of the molecule is Cl.NC(CCc1ccc2c(c1)OCO2)CC(=O)O. The predicted octanol–water partition coefficient (Wildman–Crippen LogP) is 1.57. The zero-order valence-electron chi connectivity index (χ0n) is 9.80. The molecule has 1 aromatic carbocycles. The minimum atomic E-state index is -0.858. The Hall–Kier alpha value is -1.46. The van der Waals surface area contributed by atoms with Gasteiger partial charge in [-0.1, -0.05) is 6.07 Å². The number of carbonyl (C=O) groups is 1. The minimum absolute atomic E-state index is 0. The second-order valence-corrected chi connectivity index (χ2v) is 4.08. The number of halogens is 1. The fourth-order valence-electron chi connectivity index (χ4n) is 1.77. The van der Waals surface area contributed by atoms with Crippen molar-refractivity contribution >= 4 is 18.4 Å². The van der Waals surface area contributed by atoms with Crippen molar-refractivity contribution in [1.82, 2.24) is 0 Å². The summed E-state index contributed by atoms with van der Waals surface area (Å²) in [7, 11) is 0. The summed E-state index contributed by atoms with van der Waals surface area (Å²) in [6, 6.07) is 5.41. The summed E-state index contributed by atoms with van der Waals surface area (Å²) >= 11 is 0. The maximum atomic E-state index is 10.5. The average Bonchev–Trinajstić information content (AvgIpc) is 2.72. The van der Waals surface area contributed by atoms with Gasteiger partial charge in [-0.2, -0.15) is 0 Å². The molecule has 100 valence electrons. The molecule has 1 unspecified atom stereocenters. The van der Waals surface area contributed by atoms with Gasteiger partial charge >= 0.3 is 5.97 Å². The summed E-state index contributed by atoms with van der Waals surface area (Å²) in [5.74, 6) is 0.640. The quantitative estimate of drug-likeness (QED) is 0.851. The van der Waals surface area contributed by atoms with Crippen LogP contribution in [-0.2, 0) is 11.2 Å². The number of benzene rings is 1. The maximum absolute atomic E-state index is 10.5. The van der Waals surface area contributed by atoms with Gasteiger partial charge in [-0.25, -0.2) is 0 Å². The molecule has 3 N–H and O–H groups in total. The molecular weight excluding hydrogens is 258 g/mol. The van der Waals surface area contributed by atoms with Gasteiger partial charge in [-0.05, 0) is 30.5 Å². The summed E-state index contributed by atoms with van der Waals surface area (Å²) in [5, 5.41) is 8.59. The fraction of sp³-hybridized carbons (Fsp3) is 0.417. The van der Waals surface area contributed by atoms with E-state index >= 15 is 0 Å². The van der Waals surface area contributed by atoms with Crippen molar-refractivity contribution in [2.75, 3.05) is 6.79 Å². The first-order valence-corrected chi connectivity index (χ1v) is 5.51. The van der Waals surface area contributed by atoms with Crippen molar-refractivity contribution in [2.24, 2.45) is 5.73 Å². The lowest BCUT2D eigenvalue weighted by molar-refractivity contribution is -0.137. The van der Waals surface area contributed by atoms with Gasteiger partial charge in [0.05, 0.1) is 6.42 Å². The van der Waals surface area contributed by atoms with E-state index in [-0.39, 0.29) is 31.7 Å². The molecule has 1 heterocycles. The molecule has 1 aromatic rings. The molecule has 0 aromatic heterocycles. The van der Waals surface area contributed by atoms with Crippen molar-refractivity contribution in [3.8, 4) is 11.5 Å². The van der Waals surface area contributed by atoms with Crippen LogP contribution in [0.25, 0.3) is 0 Å². The van der Waals surface area contributed by atoms with Crippen molar-refractivity contribution in [2.45, 2.75) is 25.3 Å². The van der Waals surface area contributed by atoms with E-state index in [9.17, 15) is 4.79 Å². The number of fused-ring (bicyclic) bond motifs is 1. The molecule has 0 saturated heterocycles. The molecule has 1 aliphatic heterocycles. The van der Waals surface area contributed by atoms with Crippen LogP contribution in [0.2, 0.25) is 0 Å². The summed E-state index contributed by atoms with van der Waals surface area (Å²) in [6.45, 7) is 0.261. The van der Waals surface area contributed by atoms with Crippen LogP contribution in [0.5, 0.6) is 11.5 Å². The normalized spacial score (nSPS) is 13.8. The number of aryl methyl sites for hydroxylation is 1. The second-order valence-electron chi connectivity index (χ2n) is 4.08. The van der Waals surface area contributed by atoms with E-state index in [0.717, 1.165) is 23.5 Å². The summed E-state index contributed by atoms with van der Waals surface area (Å²) < 4.78 is 10.5.